The molecule has 7 heteroatoms. The molecule has 2 rings (SSSR count). The van der Waals surface area contributed by atoms with E-state index in [9.17, 15) is 0 Å². The van der Waals surface area contributed by atoms with Gasteiger partial charge in [0.2, 0.25) is 5.88 Å². The molecule has 0 saturated heterocycles. The minimum absolute atomic E-state index is 0.283. The number of aryl methyl sites for hydroxylation is 2. The van der Waals surface area contributed by atoms with Crippen LogP contribution >= 0.6 is 0 Å². The van der Waals surface area contributed by atoms with Crippen molar-refractivity contribution in [3.8, 4) is 11.9 Å². The Morgan fingerprint density at radius 2 is 2.16 bits per heavy atom. The van der Waals surface area contributed by atoms with Gasteiger partial charge in [-0.2, -0.15) is 9.97 Å². The van der Waals surface area contributed by atoms with E-state index in [0.717, 1.165) is 31.0 Å². The van der Waals surface area contributed by atoms with Crippen LogP contribution in [0.15, 0.2) is 12.4 Å². The van der Waals surface area contributed by atoms with Gasteiger partial charge < -0.3 is 10.1 Å². The van der Waals surface area contributed by atoms with Crippen LogP contribution in [0.4, 0.5) is 5.82 Å². The van der Waals surface area contributed by atoms with Gasteiger partial charge in [0.25, 0.3) is 0 Å². The minimum Gasteiger partial charge on any atom is -0.404 e. The summed E-state index contributed by atoms with van der Waals surface area (Å²) in [5, 5.41) is 7.22. The van der Waals surface area contributed by atoms with Gasteiger partial charge in [0.05, 0.1) is 0 Å². The Labute approximate surface area is 112 Å². The van der Waals surface area contributed by atoms with Crippen molar-refractivity contribution in [1.29, 1.82) is 0 Å². The van der Waals surface area contributed by atoms with Gasteiger partial charge in [-0.1, -0.05) is 6.92 Å². The molecule has 102 valence electrons. The van der Waals surface area contributed by atoms with Gasteiger partial charge in [-0.25, -0.2) is 4.98 Å². The Hall–Kier alpha value is -2.18. The maximum atomic E-state index is 5.54. The van der Waals surface area contributed by atoms with Crippen LogP contribution in [0.5, 0.6) is 11.9 Å². The second-order valence-corrected chi connectivity index (χ2v) is 4.09. The third kappa shape index (κ3) is 3.64. The summed E-state index contributed by atoms with van der Waals surface area (Å²) in [4.78, 5) is 12.8. The Balaban J connectivity index is 2.22. The maximum Gasteiger partial charge on any atom is 0.342 e. The van der Waals surface area contributed by atoms with E-state index in [1.54, 1.807) is 24.1 Å². The lowest BCUT2D eigenvalue weighted by atomic mass is 10.3. The van der Waals surface area contributed by atoms with E-state index in [1.807, 2.05) is 6.92 Å². The quantitative estimate of drug-likeness (QED) is 0.855. The number of rotatable bonds is 6. The van der Waals surface area contributed by atoms with Crippen LogP contribution in [0.3, 0.4) is 0 Å². The van der Waals surface area contributed by atoms with Crippen molar-refractivity contribution in [2.45, 2.75) is 26.7 Å². The fraction of sp³-hybridized carbons (Fsp3) is 0.500. The first-order valence-electron chi connectivity index (χ1n) is 6.36. The molecule has 0 radical (unpaired) electrons. The number of nitrogens with one attached hydrogen (secondary N) is 1. The fourth-order valence-electron chi connectivity index (χ4n) is 1.59. The largest absolute Gasteiger partial charge is 0.404 e. The van der Waals surface area contributed by atoms with Crippen LogP contribution in [0.1, 0.15) is 26.1 Å². The first-order valence-corrected chi connectivity index (χ1v) is 6.36. The molecule has 0 aliphatic rings. The highest BCUT2D eigenvalue weighted by Gasteiger charge is 2.08. The molecule has 0 amide bonds. The standard InChI is InChI=1S/C12H18N6O/c1-4-6-9-15-10(13-5-2)7-11(16-9)19-12-14-8-18(3)17-12/h7-8H,4-6H2,1-3H3,(H,13,15,16). The number of hydrogen-bond acceptors (Lipinski definition) is 6. The van der Waals surface area contributed by atoms with E-state index in [0.29, 0.717) is 5.88 Å². The molecule has 2 aromatic rings. The third-order valence-electron chi connectivity index (χ3n) is 2.35. The number of hydrogen-bond donors (Lipinski definition) is 1. The highest BCUT2D eigenvalue weighted by molar-refractivity contribution is 5.38. The van der Waals surface area contributed by atoms with E-state index in [-0.39, 0.29) is 6.01 Å². The van der Waals surface area contributed by atoms with Crippen LogP contribution in [-0.4, -0.2) is 31.3 Å². The molecule has 7 nitrogen and oxygen atoms in total. The van der Waals surface area contributed by atoms with E-state index in [2.05, 4.69) is 32.3 Å². The van der Waals surface area contributed by atoms with E-state index in [1.165, 1.54) is 0 Å². The molecule has 0 spiro atoms. The zero-order valence-electron chi connectivity index (χ0n) is 11.4. The molecule has 0 aromatic carbocycles. The van der Waals surface area contributed by atoms with Crippen LogP contribution < -0.4 is 10.1 Å². The minimum atomic E-state index is 0.283. The van der Waals surface area contributed by atoms with Gasteiger partial charge >= 0.3 is 6.01 Å². The zero-order valence-corrected chi connectivity index (χ0v) is 11.4. The van der Waals surface area contributed by atoms with E-state index >= 15 is 0 Å². The lowest BCUT2D eigenvalue weighted by molar-refractivity contribution is 0.419. The van der Waals surface area contributed by atoms with Crippen molar-refractivity contribution in [1.82, 2.24) is 24.7 Å². The third-order valence-corrected chi connectivity index (χ3v) is 2.35. The second-order valence-electron chi connectivity index (χ2n) is 4.09. The lowest BCUT2D eigenvalue weighted by Crippen LogP contribution is -2.05. The van der Waals surface area contributed by atoms with Crippen molar-refractivity contribution in [3.05, 3.63) is 18.2 Å². The van der Waals surface area contributed by atoms with Crippen LogP contribution in [0.25, 0.3) is 0 Å². The summed E-state index contributed by atoms with van der Waals surface area (Å²) < 4.78 is 7.12. The molecule has 19 heavy (non-hydrogen) atoms. The van der Waals surface area contributed by atoms with Gasteiger partial charge in [0.15, 0.2) is 0 Å². The smallest absolute Gasteiger partial charge is 0.342 e. The summed E-state index contributed by atoms with van der Waals surface area (Å²) in [6.07, 6.45) is 3.37. The summed E-state index contributed by atoms with van der Waals surface area (Å²) in [5.74, 6) is 1.97. The second kappa shape index (κ2) is 6.12. The summed E-state index contributed by atoms with van der Waals surface area (Å²) >= 11 is 0. The predicted molar refractivity (Wildman–Crippen MR) is 71.3 cm³/mol. The summed E-state index contributed by atoms with van der Waals surface area (Å²) in [7, 11) is 1.78. The Kier molecular flexibility index (Phi) is 4.27. The molecular formula is C12H18N6O. The topological polar surface area (TPSA) is 77.8 Å². The average Bonchev–Trinajstić information content (AvgIpc) is 2.75. The van der Waals surface area contributed by atoms with Crippen LogP contribution in [0.2, 0.25) is 0 Å². The first kappa shape index (κ1) is 13.3. The Morgan fingerprint density at radius 1 is 1.32 bits per heavy atom. The van der Waals surface area contributed by atoms with Crippen LogP contribution in [0, 0.1) is 0 Å². The molecular weight excluding hydrogens is 244 g/mol. The number of ether oxygens (including phenoxy) is 1. The molecule has 0 unspecified atom stereocenters. The highest BCUT2D eigenvalue weighted by Crippen LogP contribution is 2.18. The van der Waals surface area contributed by atoms with Gasteiger partial charge in [0.1, 0.15) is 18.0 Å². The average molecular weight is 262 g/mol. The van der Waals surface area contributed by atoms with Gasteiger partial charge in [-0.15, -0.1) is 5.10 Å². The lowest BCUT2D eigenvalue weighted by Gasteiger charge is -2.07. The maximum absolute atomic E-state index is 5.54. The monoisotopic (exact) mass is 262 g/mol. The van der Waals surface area contributed by atoms with Gasteiger partial charge in [-0.05, 0) is 13.3 Å². The summed E-state index contributed by atoms with van der Waals surface area (Å²) in [6, 6.07) is 2.03. The highest BCUT2D eigenvalue weighted by atomic mass is 16.5. The van der Waals surface area contributed by atoms with Crippen molar-refractivity contribution < 1.29 is 4.74 Å². The number of anilines is 1. The van der Waals surface area contributed by atoms with Crippen molar-refractivity contribution in [2.24, 2.45) is 7.05 Å². The van der Waals surface area contributed by atoms with Gasteiger partial charge in [-0.3, -0.25) is 4.68 Å². The normalized spacial score (nSPS) is 10.5. The van der Waals surface area contributed by atoms with Crippen LogP contribution in [-0.2, 0) is 13.5 Å². The Morgan fingerprint density at radius 3 is 2.79 bits per heavy atom. The van der Waals surface area contributed by atoms with E-state index in [4.69, 9.17) is 4.74 Å². The fourth-order valence-corrected chi connectivity index (χ4v) is 1.59. The summed E-state index contributed by atoms with van der Waals surface area (Å²) in [6.45, 7) is 4.90. The molecule has 2 heterocycles. The zero-order chi connectivity index (χ0) is 13.7. The van der Waals surface area contributed by atoms with Gasteiger partial charge in [0, 0.05) is 26.1 Å². The number of aromatic nitrogens is 5. The van der Waals surface area contributed by atoms with E-state index < -0.39 is 0 Å². The SMILES string of the molecule is CCCc1nc(NCC)cc(Oc2ncn(C)n2)n1. The molecule has 0 saturated carbocycles. The van der Waals surface area contributed by atoms with Crippen molar-refractivity contribution >= 4 is 5.82 Å². The molecule has 0 fully saturated rings. The molecule has 0 atom stereocenters. The predicted octanol–water partition coefficient (Wildman–Crippen LogP) is 1.78. The molecule has 1 N–H and O–H groups in total. The summed E-state index contributed by atoms with van der Waals surface area (Å²) in [5.41, 5.74) is 0. The van der Waals surface area contributed by atoms with Crippen molar-refractivity contribution in [3.63, 3.8) is 0 Å². The molecule has 2 aromatic heterocycles. The number of nitrogens with zero attached hydrogens (tertiary/aromatic N) is 5. The van der Waals surface area contributed by atoms with Crippen molar-refractivity contribution in [2.75, 3.05) is 11.9 Å². The Bertz CT molecular complexity index is 515. The molecule has 0 aliphatic heterocycles. The first-order chi connectivity index (χ1) is 9.21. The molecule has 0 aliphatic carbocycles. The molecule has 0 bridgehead atoms.